The van der Waals surface area contributed by atoms with E-state index >= 15 is 0 Å². The quantitative estimate of drug-likeness (QED) is 0.710. The van der Waals surface area contributed by atoms with Gasteiger partial charge in [0.15, 0.2) is 0 Å². The number of piperidine rings is 1. The molecule has 4 aliphatic carbocycles. The maximum Gasteiger partial charge on any atom is 0.243 e. The minimum absolute atomic E-state index is 0.0862. The molecule has 6 heteroatoms. The summed E-state index contributed by atoms with van der Waals surface area (Å²) in [6.45, 7) is 6.88. The normalized spacial score (nSPS) is 33.9. The molecule has 6 rings (SSSR count). The maximum atomic E-state index is 13.2. The zero-order valence-corrected chi connectivity index (χ0v) is 20.6. The minimum atomic E-state index is -3.51. The average molecular weight is 459 g/mol. The van der Waals surface area contributed by atoms with Crippen molar-refractivity contribution in [1.29, 1.82) is 0 Å². The third-order valence-corrected chi connectivity index (χ3v) is 11.2. The van der Waals surface area contributed by atoms with Crippen molar-refractivity contribution in [1.82, 2.24) is 9.62 Å². The molecule has 1 amide bonds. The lowest BCUT2D eigenvalue weighted by Gasteiger charge is -2.59. The molecular formula is C26H38N2O3S. The lowest BCUT2D eigenvalue weighted by Crippen LogP contribution is -2.56. The van der Waals surface area contributed by atoms with Gasteiger partial charge in [0, 0.05) is 25.0 Å². The average Bonchev–Trinajstić information content (AvgIpc) is 2.72. The first kappa shape index (κ1) is 22.4. The number of carbonyl (C=O) groups is 1. The minimum Gasteiger partial charge on any atom is -0.353 e. The molecular weight excluding hydrogens is 420 g/mol. The van der Waals surface area contributed by atoms with Gasteiger partial charge in [-0.25, -0.2) is 8.42 Å². The van der Waals surface area contributed by atoms with Gasteiger partial charge < -0.3 is 5.32 Å². The fourth-order valence-electron chi connectivity index (χ4n) is 7.78. The van der Waals surface area contributed by atoms with Gasteiger partial charge in [-0.3, -0.25) is 4.79 Å². The predicted octanol–water partition coefficient (Wildman–Crippen LogP) is 4.43. The second-order valence-corrected chi connectivity index (χ2v) is 13.4. The summed E-state index contributed by atoms with van der Waals surface area (Å²) in [7, 11) is -3.51. The first-order valence-corrected chi connectivity index (χ1v) is 14.0. The fraction of sp³-hybridized carbons (Fsp3) is 0.731. The first-order valence-electron chi connectivity index (χ1n) is 12.5. The molecule has 5 nitrogen and oxygen atoms in total. The van der Waals surface area contributed by atoms with Crippen molar-refractivity contribution in [2.24, 2.45) is 29.1 Å². The third kappa shape index (κ3) is 3.91. The Morgan fingerprint density at radius 2 is 1.59 bits per heavy atom. The molecule has 1 aliphatic heterocycles. The molecule has 1 N–H and O–H groups in total. The van der Waals surface area contributed by atoms with Crippen molar-refractivity contribution in [2.45, 2.75) is 83.1 Å². The summed E-state index contributed by atoms with van der Waals surface area (Å²) < 4.78 is 27.9. The van der Waals surface area contributed by atoms with Crippen LogP contribution in [0.2, 0.25) is 0 Å². The van der Waals surface area contributed by atoms with Gasteiger partial charge in [0.2, 0.25) is 15.9 Å². The molecule has 5 fully saturated rings. The summed E-state index contributed by atoms with van der Waals surface area (Å²) in [6, 6.07) is 5.71. The van der Waals surface area contributed by atoms with Crippen LogP contribution in [0.1, 0.15) is 69.4 Å². The molecule has 1 aromatic carbocycles. The molecule has 32 heavy (non-hydrogen) atoms. The highest BCUT2D eigenvalue weighted by atomic mass is 32.2. The van der Waals surface area contributed by atoms with Crippen molar-refractivity contribution in [3.8, 4) is 0 Å². The number of hydrogen-bond donors (Lipinski definition) is 1. The zero-order valence-electron chi connectivity index (χ0n) is 19.8. The van der Waals surface area contributed by atoms with E-state index in [9.17, 15) is 13.2 Å². The molecule has 4 bridgehead atoms. The summed E-state index contributed by atoms with van der Waals surface area (Å²) in [6.07, 6.45) is 9.29. The molecule has 5 aliphatic rings. The van der Waals surface area contributed by atoms with Crippen molar-refractivity contribution in [3.63, 3.8) is 0 Å². The van der Waals surface area contributed by atoms with E-state index in [2.05, 4.69) is 12.2 Å². The van der Waals surface area contributed by atoms with Crippen LogP contribution in [0.5, 0.6) is 0 Å². The second-order valence-electron chi connectivity index (χ2n) is 11.5. The Balaban J connectivity index is 1.20. The molecule has 0 spiro atoms. The summed E-state index contributed by atoms with van der Waals surface area (Å²) in [5.74, 6) is 2.67. The molecule has 4 saturated carbocycles. The van der Waals surface area contributed by atoms with Crippen LogP contribution >= 0.6 is 0 Å². The second kappa shape index (κ2) is 8.12. The number of carbonyl (C=O) groups excluding carboxylic acids is 1. The lowest BCUT2D eigenvalue weighted by atomic mass is 9.48. The van der Waals surface area contributed by atoms with Gasteiger partial charge in [-0.15, -0.1) is 0 Å². The molecule has 176 valence electrons. The van der Waals surface area contributed by atoms with Crippen LogP contribution in [0.15, 0.2) is 23.1 Å². The van der Waals surface area contributed by atoms with E-state index < -0.39 is 10.0 Å². The summed E-state index contributed by atoms with van der Waals surface area (Å²) in [4.78, 5) is 13.5. The van der Waals surface area contributed by atoms with Gasteiger partial charge in [0.1, 0.15) is 0 Å². The van der Waals surface area contributed by atoms with Gasteiger partial charge in [-0.05, 0) is 107 Å². The number of rotatable bonds is 5. The smallest absolute Gasteiger partial charge is 0.243 e. The highest BCUT2D eigenvalue weighted by molar-refractivity contribution is 7.89. The van der Waals surface area contributed by atoms with Gasteiger partial charge in [-0.1, -0.05) is 17.7 Å². The van der Waals surface area contributed by atoms with E-state index in [0.29, 0.717) is 36.2 Å². The van der Waals surface area contributed by atoms with Gasteiger partial charge in [-0.2, -0.15) is 4.31 Å². The Kier molecular flexibility index (Phi) is 5.68. The Morgan fingerprint density at radius 1 is 1.03 bits per heavy atom. The van der Waals surface area contributed by atoms with E-state index in [1.54, 1.807) is 10.4 Å². The van der Waals surface area contributed by atoms with Gasteiger partial charge in [0.25, 0.3) is 0 Å². The molecule has 0 aromatic heterocycles. The Bertz CT molecular complexity index is 959. The first-order chi connectivity index (χ1) is 15.2. The summed E-state index contributed by atoms with van der Waals surface area (Å²) in [5, 5.41) is 3.40. The number of nitrogens with one attached hydrogen (secondary N) is 1. The lowest BCUT2D eigenvalue weighted by molar-refractivity contribution is -0.130. The number of benzene rings is 1. The van der Waals surface area contributed by atoms with Crippen molar-refractivity contribution in [2.75, 3.05) is 13.1 Å². The number of amides is 1. The molecule has 1 aromatic rings. The van der Waals surface area contributed by atoms with Gasteiger partial charge >= 0.3 is 0 Å². The van der Waals surface area contributed by atoms with E-state index in [1.807, 2.05) is 26.0 Å². The van der Waals surface area contributed by atoms with Crippen LogP contribution in [0.4, 0.5) is 0 Å². The highest BCUT2D eigenvalue weighted by Gasteiger charge is 2.53. The van der Waals surface area contributed by atoms with Crippen LogP contribution in [-0.2, 0) is 14.8 Å². The Hall–Kier alpha value is -1.40. The monoisotopic (exact) mass is 458 g/mol. The van der Waals surface area contributed by atoms with E-state index in [4.69, 9.17) is 0 Å². The van der Waals surface area contributed by atoms with E-state index in [1.165, 1.54) is 38.5 Å². The zero-order chi connectivity index (χ0) is 22.7. The predicted molar refractivity (Wildman–Crippen MR) is 126 cm³/mol. The van der Waals surface area contributed by atoms with Crippen molar-refractivity contribution < 1.29 is 13.2 Å². The number of sulfonamides is 1. The molecule has 1 saturated heterocycles. The Morgan fingerprint density at radius 3 is 2.12 bits per heavy atom. The van der Waals surface area contributed by atoms with E-state index in [-0.39, 0.29) is 17.9 Å². The Labute approximate surface area is 193 Å². The van der Waals surface area contributed by atoms with Crippen LogP contribution in [0.3, 0.4) is 0 Å². The summed E-state index contributed by atoms with van der Waals surface area (Å²) >= 11 is 0. The van der Waals surface area contributed by atoms with Crippen LogP contribution in [-0.4, -0.2) is 37.8 Å². The van der Waals surface area contributed by atoms with Crippen molar-refractivity contribution in [3.05, 3.63) is 29.3 Å². The molecule has 1 heterocycles. The van der Waals surface area contributed by atoms with Crippen LogP contribution in [0.25, 0.3) is 0 Å². The summed E-state index contributed by atoms with van der Waals surface area (Å²) in [5.41, 5.74) is 2.15. The number of nitrogens with zero attached hydrogens (tertiary/aromatic N) is 1. The number of hydrogen-bond acceptors (Lipinski definition) is 3. The number of aryl methyl sites for hydroxylation is 2. The molecule has 0 radical (unpaired) electrons. The van der Waals surface area contributed by atoms with Crippen LogP contribution < -0.4 is 5.32 Å². The fourth-order valence-corrected chi connectivity index (χ4v) is 9.45. The third-order valence-electron chi connectivity index (χ3n) is 9.14. The SMILES string of the molecule is Cc1ccc(S(=O)(=O)N2CCC(C(=O)NC(C)C34CC5CC(CC(C5)C3)C4)CC2)c(C)c1. The van der Waals surface area contributed by atoms with Crippen LogP contribution in [0, 0.1) is 42.9 Å². The molecule has 1 unspecified atom stereocenters. The van der Waals surface area contributed by atoms with Crippen molar-refractivity contribution >= 4 is 15.9 Å². The van der Waals surface area contributed by atoms with Gasteiger partial charge in [0.05, 0.1) is 4.90 Å². The topological polar surface area (TPSA) is 66.5 Å². The highest BCUT2D eigenvalue weighted by Crippen LogP contribution is 2.61. The largest absolute Gasteiger partial charge is 0.353 e. The molecule has 1 atom stereocenters. The maximum absolute atomic E-state index is 13.2. The standard InChI is InChI=1S/C26H38N2O3S/c1-17-4-5-24(18(2)10-17)32(30,31)28-8-6-23(7-9-28)25(29)27-19(3)26-14-20-11-21(15-26)13-22(12-20)16-26/h4-5,10,19-23H,6-9,11-16H2,1-3H3,(H,27,29). The van der Waals surface area contributed by atoms with E-state index in [0.717, 1.165) is 28.9 Å².